The van der Waals surface area contributed by atoms with Gasteiger partial charge in [-0.15, -0.1) is 0 Å². The van der Waals surface area contributed by atoms with E-state index in [9.17, 15) is 4.79 Å². The molecule has 1 amide bonds. The molecule has 0 bridgehead atoms. The molecule has 4 rings (SSSR count). The van der Waals surface area contributed by atoms with Gasteiger partial charge in [0.15, 0.2) is 0 Å². The van der Waals surface area contributed by atoms with E-state index in [4.69, 9.17) is 4.74 Å². The fraction of sp³-hybridized carbons (Fsp3) is 0.367. The lowest BCUT2D eigenvalue weighted by atomic mass is 10.1. The number of carbonyl (C=O) groups is 1. The molecule has 1 saturated heterocycles. The Kier molecular flexibility index (Phi) is 9.17. The van der Waals surface area contributed by atoms with Gasteiger partial charge < -0.3 is 19.3 Å². The number of carbonyl (C=O) groups excluding carboxylic acids is 1. The summed E-state index contributed by atoms with van der Waals surface area (Å²) >= 11 is 1.55. The van der Waals surface area contributed by atoms with E-state index in [1.165, 1.54) is 18.4 Å². The number of aryl methyl sites for hydroxylation is 2. The van der Waals surface area contributed by atoms with Crippen LogP contribution in [-0.2, 0) is 6.42 Å². The Hall–Kier alpha value is -3.12. The van der Waals surface area contributed by atoms with Crippen molar-refractivity contribution in [2.45, 2.75) is 44.4 Å². The number of para-hydroxylation sites is 2. The Morgan fingerprint density at radius 3 is 2.58 bits per heavy atom. The molecule has 0 aromatic heterocycles. The van der Waals surface area contributed by atoms with Crippen LogP contribution >= 0.6 is 11.9 Å². The molecule has 1 N–H and O–H groups in total. The zero-order valence-corrected chi connectivity index (χ0v) is 22.4. The summed E-state index contributed by atoms with van der Waals surface area (Å²) in [5.41, 5.74) is 5.32. The van der Waals surface area contributed by atoms with Crippen LogP contribution in [0.15, 0.2) is 71.6 Å². The summed E-state index contributed by atoms with van der Waals surface area (Å²) < 4.78 is 8.99. The van der Waals surface area contributed by atoms with Gasteiger partial charge in [-0.2, -0.15) is 0 Å². The zero-order valence-electron chi connectivity index (χ0n) is 21.6. The van der Waals surface area contributed by atoms with Gasteiger partial charge in [0.05, 0.1) is 12.8 Å². The van der Waals surface area contributed by atoms with Gasteiger partial charge in [-0.1, -0.05) is 43.7 Å². The second-order valence-corrected chi connectivity index (χ2v) is 10.2. The van der Waals surface area contributed by atoms with Crippen LogP contribution in [0.3, 0.4) is 0 Å². The van der Waals surface area contributed by atoms with Gasteiger partial charge >= 0.3 is 0 Å². The summed E-state index contributed by atoms with van der Waals surface area (Å²) in [6.07, 6.45) is 4.48. The quantitative estimate of drug-likeness (QED) is 0.325. The Morgan fingerprint density at radius 1 is 1.00 bits per heavy atom. The highest BCUT2D eigenvalue weighted by Crippen LogP contribution is 2.29. The zero-order chi connectivity index (χ0) is 25.3. The Morgan fingerprint density at radius 2 is 1.81 bits per heavy atom. The minimum Gasteiger partial charge on any atom is -0.495 e. The Bertz CT molecular complexity index is 1150. The summed E-state index contributed by atoms with van der Waals surface area (Å²) in [5, 5.41) is 0. The third kappa shape index (κ3) is 6.55. The average molecular weight is 504 g/mol. The highest BCUT2D eigenvalue weighted by atomic mass is 32.2. The summed E-state index contributed by atoms with van der Waals surface area (Å²) in [5.74, 6) is 0.984. The molecule has 1 fully saturated rings. The second kappa shape index (κ2) is 12.7. The first-order valence-corrected chi connectivity index (χ1v) is 13.7. The number of hydrogen-bond acceptors (Lipinski definition) is 5. The number of nitrogens with one attached hydrogen (secondary N) is 1. The van der Waals surface area contributed by atoms with Crippen LogP contribution in [0.5, 0.6) is 5.75 Å². The molecule has 0 atom stereocenters. The summed E-state index contributed by atoms with van der Waals surface area (Å²) in [6.45, 7) is 7.37. The molecule has 0 saturated carbocycles. The van der Waals surface area contributed by atoms with Gasteiger partial charge in [0.2, 0.25) is 0 Å². The number of methoxy groups -OCH3 is 1. The van der Waals surface area contributed by atoms with Crippen LogP contribution < -0.4 is 14.4 Å². The minimum absolute atomic E-state index is 0.108. The number of rotatable bonds is 9. The summed E-state index contributed by atoms with van der Waals surface area (Å²) in [6, 6.07) is 22.9. The molecule has 3 aromatic rings. The molecule has 0 radical (unpaired) electrons. The highest BCUT2D eigenvalue weighted by molar-refractivity contribution is 8.00. The van der Waals surface area contributed by atoms with Crippen molar-refractivity contribution in [2.75, 3.05) is 42.9 Å². The van der Waals surface area contributed by atoms with Crippen molar-refractivity contribution in [3.8, 4) is 5.75 Å². The van der Waals surface area contributed by atoms with Crippen molar-refractivity contribution in [3.63, 3.8) is 0 Å². The molecule has 1 aliphatic rings. The Labute approximate surface area is 220 Å². The number of nitrogens with zero attached hydrogens (tertiary/aromatic N) is 2. The van der Waals surface area contributed by atoms with Gasteiger partial charge in [-0.25, -0.2) is 0 Å². The van der Waals surface area contributed by atoms with E-state index < -0.39 is 0 Å². The minimum atomic E-state index is 0.108. The Balaban J connectivity index is 1.39. The smallest absolute Gasteiger partial charge is 0.254 e. The molecule has 6 heteroatoms. The first kappa shape index (κ1) is 26.0. The van der Waals surface area contributed by atoms with Crippen LogP contribution in [0, 0.1) is 6.92 Å². The monoisotopic (exact) mass is 503 g/mol. The predicted octanol–water partition coefficient (Wildman–Crippen LogP) is 6.82. The number of anilines is 2. The van der Waals surface area contributed by atoms with E-state index >= 15 is 0 Å². The van der Waals surface area contributed by atoms with Gasteiger partial charge in [0.25, 0.3) is 5.91 Å². The van der Waals surface area contributed by atoms with Crippen molar-refractivity contribution in [3.05, 3.63) is 83.4 Å². The van der Waals surface area contributed by atoms with E-state index in [0.29, 0.717) is 6.54 Å². The molecule has 3 aromatic carbocycles. The van der Waals surface area contributed by atoms with Crippen molar-refractivity contribution in [2.24, 2.45) is 0 Å². The predicted molar refractivity (Wildman–Crippen MR) is 151 cm³/mol. The lowest BCUT2D eigenvalue weighted by Crippen LogP contribution is -2.35. The van der Waals surface area contributed by atoms with E-state index in [2.05, 4.69) is 52.9 Å². The molecule has 5 nitrogen and oxygen atoms in total. The molecule has 0 spiro atoms. The van der Waals surface area contributed by atoms with Crippen LogP contribution in [0.1, 0.15) is 47.7 Å². The van der Waals surface area contributed by atoms with E-state index in [1.54, 1.807) is 19.1 Å². The largest absolute Gasteiger partial charge is 0.495 e. The third-order valence-corrected chi connectivity index (χ3v) is 7.54. The van der Waals surface area contributed by atoms with Gasteiger partial charge in [-0.3, -0.25) is 4.79 Å². The fourth-order valence-electron chi connectivity index (χ4n) is 4.56. The van der Waals surface area contributed by atoms with Crippen LogP contribution in [0.4, 0.5) is 11.4 Å². The van der Waals surface area contributed by atoms with Crippen molar-refractivity contribution >= 4 is 29.2 Å². The van der Waals surface area contributed by atoms with Gasteiger partial charge in [0.1, 0.15) is 5.75 Å². The van der Waals surface area contributed by atoms with Crippen molar-refractivity contribution in [1.82, 2.24) is 4.90 Å². The highest BCUT2D eigenvalue weighted by Gasteiger charge is 2.23. The maximum atomic E-state index is 13.5. The normalized spacial score (nSPS) is 13.9. The molecule has 0 aliphatic carbocycles. The lowest BCUT2D eigenvalue weighted by molar-refractivity contribution is 0.0766. The lowest BCUT2D eigenvalue weighted by Gasteiger charge is -2.25. The van der Waals surface area contributed by atoms with Crippen LogP contribution in [0.2, 0.25) is 0 Å². The average Bonchev–Trinajstić information content (AvgIpc) is 3.18. The van der Waals surface area contributed by atoms with Crippen LogP contribution in [0.25, 0.3) is 0 Å². The maximum Gasteiger partial charge on any atom is 0.254 e. The van der Waals surface area contributed by atoms with Crippen molar-refractivity contribution in [1.29, 1.82) is 0 Å². The number of amides is 1. The number of unbranched alkanes of at least 4 members (excludes halogenated alkanes) is 1. The molecular weight excluding hydrogens is 466 g/mol. The molecule has 0 unspecified atom stereocenters. The summed E-state index contributed by atoms with van der Waals surface area (Å²) in [7, 11) is 1.71. The van der Waals surface area contributed by atoms with Crippen molar-refractivity contribution < 1.29 is 9.53 Å². The van der Waals surface area contributed by atoms with E-state index in [1.807, 2.05) is 42.2 Å². The molecular formula is C30H37N3O2S. The van der Waals surface area contributed by atoms with Gasteiger partial charge in [-0.05, 0) is 85.7 Å². The number of benzene rings is 3. The van der Waals surface area contributed by atoms with E-state index in [0.717, 1.165) is 65.6 Å². The molecule has 1 aliphatic heterocycles. The second-order valence-electron chi connectivity index (χ2n) is 9.29. The number of ether oxygens (including phenoxy) is 1. The van der Waals surface area contributed by atoms with Gasteiger partial charge in [0, 0.05) is 42.3 Å². The number of hydrogen-bond donors (Lipinski definition) is 1. The SMILES string of the molecule is CCCCc1ccc(NSc2ccc(C)c(C(=O)N3CCCN(c4ccccc4OC)CC3)c2)cc1. The van der Waals surface area contributed by atoms with E-state index in [-0.39, 0.29) is 5.91 Å². The molecule has 1 heterocycles. The molecule has 190 valence electrons. The van der Waals surface area contributed by atoms with Crippen LogP contribution in [-0.4, -0.2) is 44.1 Å². The third-order valence-electron chi connectivity index (χ3n) is 6.71. The topological polar surface area (TPSA) is 44.8 Å². The fourth-order valence-corrected chi connectivity index (χ4v) is 5.24. The first-order chi connectivity index (χ1) is 17.6. The molecule has 36 heavy (non-hydrogen) atoms. The summed E-state index contributed by atoms with van der Waals surface area (Å²) in [4.78, 5) is 18.9. The maximum absolute atomic E-state index is 13.5. The first-order valence-electron chi connectivity index (χ1n) is 12.9. The standard InChI is InChI=1S/C30H37N3O2S/c1-4-5-9-24-13-15-25(16-14-24)31-36-26-17-12-23(2)27(22-26)30(34)33-19-8-18-32(20-21-33)28-10-6-7-11-29(28)35-3/h6-7,10-17,22,31H,4-5,8-9,18-21H2,1-3H3.